The lowest BCUT2D eigenvalue weighted by Crippen LogP contribution is -2.03. The summed E-state index contributed by atoms with van der Waals surface area (Å²) in [6.45, 7) is 8.53. The Kier molecular flexibility index (Phi) is 18.1. The van der Waals surface area contributed by atoms with Gasteiger partial charge >= 0.3 is 0 Å². The van der Waals surface area contributed by atoms with Crippen molar-refractivity contribution in [2.75, 3.05) is 24.6 Å². The van der Waals surface area contributed by atoms with Gasteiger partial charge in [0.05, 0.1) is 5.02 Å². The molecule has 0 fully saturated rings. The highest BCUT2D eigenvalue weighted by molar-refractivity contribution is 7.59. The Bertz CT molecular complexity index is 910. The van der Waals surface area contributed by atoms with Gasteiger partial charge in [-0.25, -0.2) is 0 Å². The second kappa shape index (κ2) is 19.8. The molecule has 0 heterocycles. The van der Waals surface area contributed by atoms with Crippen molar-refractivity contribution in [1.82, 2.24) is 0 Å². The number of halogens is 1. The molecule has 0 saturated heterocycles. The summed E-state index contributed by atoms with van der Waals surface area (Å²) in [5.41, 5.74) is 0. The Hall–Kier alpha value is -1.21. The molecule has 0 bridgehead atoms. The smallest absolute Gasteiger partial charge is 0.248 e. The lowest BCUT2D eigenvalue weighted by molar-refractivity contribution is 0.474. The summed E-state index contributed by atoms with van der Waals surface area (Å²) in [6, 6.07) is 16.8. The van der Waals surface area contributed by atoms with Crippen molar-refractivity contribution in [1.29, 1.82) is 0 Å². The number of benzene rings is 2. The minimum absolute atomic E-state index is 0.533. The second-order valence-corrected chi connectivity index (χ2v) is 15.4. The topological polar surface area (TPSA) is 52.6 Å². The molecule has 0 amide bonds. The molecule has 7 heteroatoms. The van der Waals surface area contributed by atoms with Gasteiger partial charge in [0.25, 0.3) is 0 Å². The fourth-order valence-electron chi connectivity index (χ4n) is 3.78. The first-order valence-electron chi connectivity index (χ1n) is 14.2. The van der Waals surface area contributed by atoms with Crippen molar-refractivity contribution >= 4 is 26.3 Å². The van der Waals surface area contributed by atoms with E-state index in [0.717, 1.165) is 82.3 Å². The molecule has 0 N–H and O–H groups in total. The molecule has 2 aromatic rings. The summed E-state index contributed by atoms with van der Waals surface area (Å²) in [5, 5.41) is 0.533. The number of rotatable bonds is 18. The summed E-state index contributed by atoms with van der Waals surface area (Å²) in [4.78, 5) is 0. The summed E-state index contributed by atoms with van der Waals surface area (Å²) in [5.74, 6) is 1.30. The van der Waals surface area contributed by atoms with Crippen LogP contribution in [0.3, 0.4) is 0 Å². The summed E-state index contributed by atoms with van der Waals surface area (Å²) < 4.78 is 37.3. The monoisotopic (exact) mass is 570 g/mol. The van der Waals surface area contributed by atoms with Crippen molar-refractivity contribution < 1.29 is 18.2 Å². The van der Waals surface area contributed by atoms with Gasteiger partial charge < -0.3 is 9.05 Å². The van der Waals surface area contributed by atoms with Crippen molar-refractivity contribution in [2.24, 2.45) is 0 Å². The third kappa shape index (κ3) is 15.1. The zero-order valence-electron chi connectivity index (χ0n) is 23.5. The third-order valence-electron chi connectivity index (χ3n) is 6.03. The Labute approximate surface area is 231 Å². The van der Waals surface area contributed by atoms with Gasteiger partial charge in [0, 0.05) is 24.6 Å². The highest BCUT2D eigenvalue weighted by atomic mass is 35.5. The fraction of sp³-hybridized carbons (Fsp3) is 0.600. The zero-order chi connectivity index (χ0) is 27.4. The molecular formula is C30H49ClO4P2. The van der Waals surface area contributed by atoms with Gasteiger partial charge in [-0.1, -0.05) is 108 Å². The lowest BCUT2D eigenvalue weighted by Gasteiger charge is -2.20. The van der Waals surface area contributed by atoms with E-state index in [1.807, 2.05) is 42.5 Å². The van der Waals surface area contributed by atoms with Gasteiger partial charge in [0.1, 0.15) is 11.5 Å². The SMILES string of the molecule is CCCCCP(=O)(CCCCC)Oc1ccccc1.CCCCP(=O)(CCCC)Oc1ccccc1Cl. The highest BCUT2D eigenvalue weighted by Crippen LogP contribution is 2.50. The first-order chi connectivity index (χ1) is 17.8. The van der Waals surface area contributed by atoms with Crippen LogP contribution in [0.1, 0.15) is 91.9 Å². The van der Waals surface area contributed by atoms with E-state index in [1.54, 1.807) is 12.1 Å². The normalized spacial score (nSPS) is 11.5. The van der Waals surface area contributed by atoms with Gasteiger partial charge in [-0.15, -0.1) is 0 Å². The van der Waals surface area contributed by atoms with Crippen LogP contribution in [0.15, 0.2) is 54.6 Å². The molecule has 2 aromatic carbocycles. The van der Waals surface area contributed by atoms with Crippen molar-refractivity contribution in [3.8, 4) is 11.5 Å². The molecule has 0 spiro atoms. The van der Waals surface area contributed by atoms with E-state index in [1.165, 1.54) is 0 Å². The molecular weight excluding hydrogens is 522 g/mol. The second-order valence-electron chi connectivity index (χ2n) is 9.57. The standard InChI is InChI=1S/C16H27O2P.C14H22ClO2P/c1-3-5-10-14-19(17,15-11-6-4-2)18-16-12-8-7-9-13-16;1-3-5-11-18(16,12-6-4-2)17-14-10-8-7-9-13(14)15/h7-9,12-13H,3-6,10-11,14-15H2,1-2H3;7-10H,3-6,11-12H2,1-2H3. The minimum atomic E-state index is -2.59. The van der Waals surface area contributed by atoms with Crippen molar-refractivity contribution in [3.05, 3.63) is 59.6 Å². The molecule has 0 aliphatic heterocycles. The van der Waals surface area contributed by atoms with Gasteiger partial charge in [-0.2, -0.15) is 0 Å². The average Bonchev–Trinajstić information content (AvgIpc) is 2.89. The Morgan fingerprint density at radius 2 is 1.00 bits per heavy atom. The maximum Gasteiger partial charge on any atom is 0.248 e. The number of para-hydroxylation sites is 2. The minimum Gasteiger partial charge on any atom is -0.443 e. The Balaban J connectivity index is 0.000000371. The molecule has 4 nitrogen and oxygen atoms in total. The van der Waals surface area contributed by atoms with Crippen LogP contribution in [0.5, 0.6) is 11.5 Å². The van der Waals surface area contributed by atoms with E-state index in [4.69, 9.17) is 20.6 Å². The molecule has 0 radical (unpaired) electrons. The van der Waals surface area contributed by atoms with Gasteiger partial charge in [-0.3, -0.25) is 9.13 Å². The van der Waals surface area contributed by atoms with Gasteiger partial charge in [0.15, 0.2) is 0 Å². The quantitative estimate of drug-likeness (QED) is 0.132. The molecule has 0 aliphatic carbocycles. The van der Waals surface area contributed by atoms with Crippen LogP contribution in [0, 0.1) is 0 Å². The zero-order valence-corrected chi connectivity index (χ0v) is 26.0. The lowest BCUT2D eigenvalue weighted by atomic mass is 10.3. The van der Waals surface area contributed by atoms with Crippen LogP contribution in [-0.2, 0) is 9.13 Å². The van der Waals surface area contributed by atoms with Gasteiger partial charge in [0.2, 0.25) is 14.7 Å². The van der Waals surface area contributed by atoms with E-state index >= 15 is 0 Å². The van der Waals surface area contributed by atoms with E-state index in [-0.39, 0.29) is 0 Å². The molecule has 0 aliphatic rings. The van der Waals surface area contributed by atoms with Crippen molar-refractivity contribution in [3.63, 3.8) is 0 Å². The van der Waals surface area contributed by atoms with Crippen LogP contribution < -0.4 is 9.05 Å². The molecule has 0 saturated carbocycles. The fourth-order valence-corrected chi connectivity index (χ4v) is 8.85. The maximum atomic E-state index is 12.9. The van der Waals surface area contributed by atoms with E-state index in [9.17, 15) is 9.13 Å². The van der Waals surface area contributed by atoms with Gasteiger partial charge in [-0.05, 0) is 49.9 Å². The molecule has 0 aromatic heterocycles. The maximum absolute atomic E-state index is 12.9. The number of hydrogen-bond acceptors (Lipinski definition) is 4. The number of hydrogen-bond donors (Lipinski definition) is 0. The predicted octanol–water partition coefficient (Wildman–Crippen LogP) is 11.3. The van der Waals surface area contributed by atoms with Crippen LogP contribution >= 0.6 is 26.3 Å². The summed E-state index contributed by atoms with van der Waals surface area (Å²) in [6.07, 6.45) is 13.3. The third-order valence-corrected chi connectivity index (χ3v) is 11.4. The molecule has 0 unspecified atom stereocenters. The van der Waals surface area contributed by atoms with E-state index < -0.39 is 14.7 Å². The molecule has 37 heavy (non-hydrogen) atoms. The Morgan fingerprint density at radius 3 is 1.49 bits per heavy atom. The molecule has 210 valence electrons. The van der Waals surface area contributed by atoms with E-state index in [2.05, 4.69) is 27.7 Å². The first-order valence-corrected chi connectivity index (χ1v) is 18.5. The molecule has 0 atom stereocenters. The first kappa shape index (κ1) is 33.8. The van der Waals surface area contributed by atoms with Crippen LogP contribution in [0.2, 0.25) is 5.02 Å². The van der Waals surface area contributed by atoms with Crippen LogP contribution in [-0.4, -0.2) is 24.6 Å². The van der Waals surface area contributed by atoms with Crippen LogP contribution in [0.25, 0.3) is 0 Å². The summed E-state index contributed by atoms with van der Waals surface area (Å²) >= 11 is 6.05. The van der Waals surface area contributed by atoms with Crippen LogP contribution in [0.4, 0.5) is 0 Å². The summed E-state index contributed by atoms with van der Waals surface area (Å²) in [7, 11) is -5.09. The average molecular weight is 571 g/mol. The van der Waals surface area contributed by atoms with Crippen molar-refractivity contribution in [2.45, 2.75) is 91.9 Å². The highest BCUT2D eigenvalue weighted by Gasteiger charge is 2.24. The Morgan fingerprint density at radius 1 is 0.568 bits per heavy atom. The number of unbranched alkanes of at least 4 members (excludes halogenated alkanes) is 6. The predicted molar refractivity (Wildman–Crippen MR) is 163 cm³/mol. The largest absolute Gasteiger partial charge is 0.443 e. The van der Waals surface area contributed by atoms with E-state index in [0.29, 0.717) is 23.1 Å². The molecule has 2 rings (SSSR count).